The second kappa shape index (κ2) is 8.07. The zero-order chi connectivity index (χ0) is 23.1. The monoisotopic (exact) mass is 453 g/mol. The van der Waals surface area contributed by atoms with Crippen LogP contribution in [0.3, 0.4) is 0 Å². The summed E-state index contributed by atoms with van der Waals surface area (Å²) in [5.41, 5.74) is 10.1. The van der Waals surface area contributed by atoms with Crippen molar-refractivity contribution in [2.75, 3.05) is 0 Å². The predicted octanol–water partition coefficient (Wildman–Crippen LogP) is 3.90. The Morgan fingerprint density at radius 3 is 2.59 bits per heavy atom. The highest BCUT2D eigenvalue weighted by molar-refractivity contribution is 6.31. The minimum absolute atomic E-state index is 0.336. The molecule has 0 fully saturated rings. The van der Waals surface area contributed by atoms with Crippen LogP contribution in [0, 0.1) is 12.7 Å². The summed E-state index contributed by atoms with van der Waals surface area (Å²) in [6.45, 7) is 5.68. The number of rotatable bonds is 5. The molecule has 2 aromatic heterocycles. The summed E-state index contributed by atoms with van der Waals surface area (Å²) in [6.07, 6.45) is 7.16. The van der Waals surface area contributed by atoms with E-state index in [1.54, 1.807) is 43.1 Å². The molecule has 0 bridgehead atoms. The first-order valence-corrected chi connectivity index (χ1v) is 10.6. The average Bonchev–Trinajstić information content (AvgIpc) is 3.14. The van der Waals surface area contributed by atoms with Crippen molar-refractivity contribution in [3.63, 3.8) is 0 Å². The van der Waals surface area contributed by atoms with E-state index in [0.717, 1.165) is 28.0 Å². The number of dihydropyridines is 1. The molecule has 0 radical (unpaired) electrons. The number of nitrogens with one attached hydrogen (secondary N) is 1. The highest BCUT2D eigenvalue weighted by Crippen LogP contribution is 2.45. The summed E-state index contributed by atoms with van der Waals surface area (Å²) in [7, 11) is 0. The Morgan fingerprint density at radius 2 is 1.94 bits per heavy atom. The predicted molar refractivity (Wildman–Crippen MR) is 124 cm³/mol. The third-order valence-corrected chi connectivity index (χ3v) is 5.72. The molecular weight excluding hydrogens is 429 g/mol. The molecule has 1 aliphatic heterocycles. The molecule has 1 unspecified atom stereocenters. The van der Waals surface area contributed by atoms with Gasteiger partial charge in [0.1, 0.15) is 11.6 Å². The maximum Gasteiger partial charge on any atom is 0.165 e. The van der Waals surface area contributed by atoms with Crippen LogP contribution in [0.4, 0.5) is 4.39 Å². The number of alkyl halides is 1. The molecule has 6 nitrogen and oxygen atoms in total. The van der Waals surface area contributed by atoms with Crippen molar-refractivity contribution >= 4 is 22.7 Å². The zero-order valence-electron chi connectivity index (χ0n) is 18.1. The fraction of sp³-hybridized carbons (Fsp3) is 0.250. The van der Waals surface area contributed by atoms with Crippen molar-refractivity contribution in [3.8, 4) is 0 Å². The van der Waals surface area contributed by atoms with Gasteiger partial charge in [0.15, 0.2) is 5.00 Å². The van der Waals surface area contributed by atoms with Gasteiger partial charge in [-0.15, -0.1) is 0 Å². The van der Waals surface area contributed by atoms with Crippen LogP contribution in [0.5, 0.6) is 0 Å². The van der Waals surface area contributed by atoms with Crippen molar-refractivity contribution < 1.29 is 9.50 Å². The minimum Gasteiger partial charge on any atom is -0.389 e. The number of hydrogen-bond donors (Lipinski definition) is 3. The Kier molecular flexibility index (Phi) is 5.56. The van der Waals surface area contributed by atoms with Gasteiger partial charge >= 0.3 is 0 Å². The standard InChI is InChI=1S/C24H25ClFN5O/c1-15-10-16(8-9-28-15)21-11-20(17-12-29-31(13-17)14-23(2,3)32)22(27)30-24(21,25)18-4-6-19(26)7-5-18/h4-13,30,32H,14,27H2,1-3H3. The average molecular weight is 454 g/mol. The quantitative estimate of drug-likeness (QED) is 0.402. The molecule has 0 saturated heterocycles. The van der Waals surface area contributed by atoms with E-state index < -0.39 is 10.6 Å². The largest absolute Gasteiger partial charge is 0.389 e. The lowest BCUT2D eigenvalue weighted by Crippen LogP contribution is -2.43. The van der Waals surface area contributed by atoms with Crippen molar-refractivity contribution in [1.29, 1.82) is 0 Å². The summed E-state index contributed by atoms with van der Waals surface area (Å²) < 4.78 is 15.3. The second-order valence-electron chi connectivity index (χ2n) is 8.60. The van der Waals surface area contributed by atoms with Crippen LogP contribution in [0.1, 0.15) is 36.2 Å². The molecule has 0 saturated carbocycles. The smallest absolute Gasteiger partial charge is 0.165 e. The molecule has 3 heterocycles. The van der Waals surface area contributed by atoms with Crippen LogP contribution in [0.25, 0.3) is 11.1 Å². The SMILES string of the molecule is Cc1cc(C2=CC(c3cnn(CC(C)(C)O)c3)=C(N)NC2(Cl)c2ccc(F)cc2)ccn1. The van der Waals surface area contributed by atoms with E-state index in [9.17, 15) is 9.50 Å². The summed E-state index contributed by atoms with van der Waals surface area (Å²) in [5, 5.41) is 17.7. The molecule has 8 heteroatoms. The molecule has 166 valence electrons. The summed E-state index contributed by atoms with van der Waals surface area (Å²) in [6, 6.07) is 9.82. The van der Waals surface area contributed by atoms with E-state index >= 15 is 0 Å². The Morgan fingerprint density at radius 1 is 1.22 bits per heavy atom. The Bertz CT molecular complexity index is 1210. The van der Waals surface area contributed by atoms with Crippen LogP contribution in [0.2, 0.25) is 0 Å². The third-order valence-electron chi connectivity index (χ3n) is 5.20. The van der Waals surface area contributed by atoms with Gasteiger partial charge in [0.25, 0.3) is 0 Å². The highest BCUT2D eigenvalue weighted by Gasteiger charge is 2.39. The fourth-order valence-electron chi connectivity index (χ4n) is 3.77. The molecule has 0 spiro atoms. The molecular formula is C24H25ClFN5O. The van der Waals surface area contributed by atoms with Crippen LogP contribution in [-0.4, -0.2) is 25.5 Å². The Balaban J connectivity index is 1.83. The van der Waals surface area contributed by atoms with Gasteiger partial charge in [-0.3, -0.25) is 9.67 Å². The number of aliphatic hydroxyl groups is 1. The van der Waals surface area contributed by atoms with Crippen molar-refractivity contribution in [2.45, 2.75) is 37.9 Å². The van der Waals surface area contributed by atoms with Gasteiger partial charge in [-0.25, -0.2) is 4.39 Å². The maximum absolute atomic E-state index is 13.6. The number of halogens is 2. The van der Waals surface area contributed by atoms with Gasteiger partial charge in [0, 0.05) is 34.8 Å². The molecule has 0 amide bonds. The highest BCUT2D eigenvalue weighted by atomic mass is 35.5. The molecule has 4 N–H and O–H groups in total. The molecule has 0 aliphatic carbocycles. The van der Waals surface area contributed by atoms with E-state index in [2.05, 4.69) is 15.4 Å². The molecule has 1 aliphatic rings. The van der Waals surface area contributed by atoms with Gasteiger partial charge in [-0.2, -0.15) is 5.10 Å². The first-order chi connectivity index (χ1) is 15.0. The molecule has 32 heavy (non-hydrogen) atoms. The van der Waals surface area contributed by atoms with E-state index in [1.807, 2.05) is 31.3 Å². The van der Waals surface area contributed by atoms with E-state index in [0.29, 0.717) is 17.9 Å². The second-order valence-corrected chi connectivity index (χ2v) is 9.17. The number of nitrogens with two attached hydrogens (primary N) is 1. The number of allylic oxidation sites excluding steroid dienone is 2. The van der Waals surface area contributed by atoms with Crippen LogP contribution in [-0.2, 0) is 11.5 Å². The van der Waals surface area contributed by atoms with Crippen LogP contribution < -0.4 is 11.1 Å². The van der Waals surface area contributed by atoms with Crippen molar-refractivity contribution in [1.82, 2.24) is 20.1 Å². The first kappa shape index (κ1) is 22.0. The number of benzene rings is 1. The van der Waals surface area contributed by atoms with Gasteiger partial charge in [-0.05, 0) is 62.2 Å². The summed E-state index contributed by atoms with van der Waals surface area (Å²) >= 11 is 7.16. The molecule has 1 aromatic carbocycles. The van der Waals surface area contributed by atoms with Crippen LogP contribution in [0.15, 0.2) is 66.9 Å². The Labute approximate surface area is 191 Å². The first-order valence-electron chi connectivity index (χ1n) is 10.2. The minimum atomic E-state index is -1.21. The Hall–Kier alpha value is -3.16. The fourth-order valence-corrected chi connectivity index (χ4v) is 4.16. The van der Waals surface area contributed by atoms with Gasteiger partial charge in [0.2, 0.25) is 0 Å². The summed E-state index contributed by atoms with van der Waals surface area (Å²) in [4.78, 5) is 3.07. The number of hydrogen-bond acceptors (Lipinski definition) is 5. The normalized spacial score (nSPS) is 19.0. The lowest BCUT2D eigenvalue weighted by molar-refractivity contribution is 0.0577. The number of nitrogens with zero attached hydrogens (tertiary/aromatic N) is 3. The zero-order valence-corrected chi connectivity index (χ0v) is 18.9. The molecule has 4 rings (SSSR count). The van der Waals surface area contributed by atoms with E-state index in [4.69, 9.17) is 17.3 Å². The topological polar surface area (TPSA) is 89.0 Å². The van der Waals surface area contributed by atoms with E-state index in [1.165, 1.54) is 12.1 Å². The van der Waals surface area contributed by atoms with Gasteiger partial charge in [-0.1, -0.05) is 23.7 Å². The van der Waals surface area contributed by atoms with Gasteiger partial charge < -0.3 is 16.2 Å². The molecule has 3 aromatic rings. The number of pyridine rings is 1. The van der Waals surface area contributed by atoms with Crippen LogP contribution >= 0.6 is 11.6 Å². The van der Waals surface area contributed by atoms with Crippen molar-refractivity contribution in [2.24, 2.45) is 5.73 Å². The van der Waals surface area contributed by atoms with E-state index in [-0.39, 0.29) is 5.82 Å². The molecule has 1 atom stereocenters. The van der Waals surface area contributed by atoms with Gasteiger partial charge in [0.05, 0.1) is 18.3 Å². The lowest BCUT2D eigenvalue weighted by Gasteiger charge is -2.37. The van der Waals surface area contributed by atoms with Crippen molar-refractivity contribution in [3.05, 3.63) is 95.1 Å². The number of aryl methyl sites for hydroxylation is 1. The third kappa shape index (κ3) is 4.40. The number of aromatic nitrogens is 3. The summed E-state index contributed by atoms with van der Waals surface area (Å²) in [5.74, 6) is 0.0141. The lowest BCUT2D eigenvalue weighted by atomic mass is 9.87. The maximum atomic E-state index is 13.6.